The number of nitrogens with one attached hydrogen (secondary N) is 2. The normalized spacial score (nSPS) is 12.4. The third-order valence-electron chi connectivity index (χ3n) is 3.44. The number of nitrogens with zero attached hydrogens (tertiary/aromatic N) is 3. The molecule has 1 aromatic carbocycles. The zero-order valence-corrected chi connectivity index (χ0v) is 12.8. The van der Waals surface area contributed by atoms with Crippen LogP contribution < -0.4 is 5.32 Å². The summed E-state index contributed by atoms with van der Waals surface area (Å²) in [5.41, 5.74) is 3.33. The van der Waals surface area contributed by atoms with Gasteiger partial charge in [-0.25, -0.2) is 0 Å². The van der Waals surface area contributed by atoms with Crippen molar-refractivity contribution in [1.29, 1.82) is 0 Å². The smallest absolute Gasteiger partial charge is 0.273 e. The molecule has 0 spiro atoms. The van der Waals surface area contributed by atoms with Gasteiger partial charge in [-0.2, -0.15) is 15.4 Å². The van der Waals surface area contributed by atoms with E-state index in [9.17, 15) is 4.79 Å². The highest BCUT2D eigenvalue weighted by Gasteiger charge is 2.18. The summed E-state index contributed by atoms with van der Waals surface area (Å²) in [5.74, 6) is -0.208. The van der Waals surface area contributed by atoms with Gasteiger partial charge in [0.2, 0.25) is 0 Å². The summed E-state index contributed by atoms with van der Waals surface area (Å²) in [6, 6.07) is 8.42. The summed E-state index contributed by atoms with van der Waals surface area (Å²) in [6.07, 6.45) is 0. The molecule has 0 saturated heterocycles. The van der Waals surface area contributed by atoms with Crippen LogP contribution in [0.4, 0.5) is 0 Å². The van der Waals surface area contributed by atoms with Crippen LogP contribution >= 0.6 is 0 Å². The first-order valence-electron chi connectivity index (χ1n) is 6.87. The van der Waals surface area contributed by atoms with Crippen LogP contribution in [0.2, 0.25) is 0 Å². The van der Waals surface area contributed by atoms with Crippen LogP contribution in [0.25, 0.3) is 0 Å². The lowest BCUT2D eigenvalue weighted by molar-refractivity contribution is 0.0936. The number of carbonyl (C=O) groups is 1. The second-order valence-corrected chi connectivity index (χ2v) is 5.36. The highest BCUT2D eigenvalue weighted by Crippen LogP contribution is 2.18. The van der Waals surface area contributed by atoms with E-state index in [0.717, 1.165) is 0 Å². The minimum absolute atomic E-state index is 0.112. The molecule has 1 heterocycles. The molecule has 0 unspecified atom stereocenters. The largest absolute Gasteiger partial charge is 0.349 e. The van der Waals surface area contributed by atoms with E-state index in [0.29, 0.717) is 17.9 Å². The quantitative estimate of drug-likeness (QED) is 0.873. The van der Waals surface area contributed by atoms with Gasteiger partial charge in [0.25, 0.3) is 5.91 Å². The summed E-state index contributed by atoms with van der Waals surface area (Å²) in [5, 5.41) is 13.1. The Kier molecular flexibility index (Phi) is 4.70. The molecule has 0 aliphatic rings. The van der Waals surface area contributed by atoms with E-state index in [4.69, 9.17) is 0 Å². The molecule has 6 heteroatoms. The Bertz CT molecular complexity index is 620. The van der Waals surface area contributed by atoms with Crippen molar-refractivity contribution in [3.05, 3.63) is 46.8 Å². The van der Waals surface area contributed by atoms with Crippen LogP contribution in [0.1, 0.15) is 33.4 Å². The van der Waals surface area contributed by atoms with E-state index in [2.05, 4.69) is 50.8 Å². The van der Waals surface area contributed by atoms with Gasteiger partial charge in [0.15, 0.2) is 5.69 Å². The van der Waals surface area contributed by atoms with Crippen LogP contribution in [0.5, 0.6) is 0 Å². The lowest BCUT2D eigenvalue weighted by Crippen LogP contribution is -2.35. The second-order valence-electron chi connectivity index (χ2n) is 5.36. The number of H-pyrrole nitrogens is 1. The summed E-state index contributed by atoms with van der Waals surface area (Å²) in [4.78, 5) is 14.2. The first-order chi connectivity index (χ1) is 9.99. The second kappa shape index (κ2) is 6.49. The zero-order valence-electron chi connectivity index (χ0n) is 12.8. The van der Waals surface area contributed by atoms with E-state index in [1.807, 2.05) is 20.2 Å². The number of rotatable bonds is 5. The fourth-order valence-corrected chi connectivity index (χ4v) is 2.25. The average molecular weight is 287 g/mol. The van der Waals surface area contributed by atoms with Gasteiger partial charge in [0, 0.05) is 6.54 Å². The fourth-order valence-electron chi connectivity index (χ4n) is 2.25. The highest BCUT2D eigenvalue weighted by molar-refractivity contribution is 5.93. The Morgan fingerprint density at radius 3 is 2.67 bits per heavy atom. The van der Waals surface area contributed by atoms with Crippen molar-refractivity contribution < 1.29 is 4.79 Å². The maximum atomic E-state index is 12.1. The number of hydrogen-bond acceptors (Lipinski definition) is 4. The van der Waals surface area contributed by atoms with Crippen LogP contribution in [0.15, 0.2) is 24.3 Å². The molecule has 0 aliphatic carbocycles. The summed E-state index contributed by atoms with van der Waals surface area (Å²) in [6.45, 7) is 4.33. The van der Waals surface area contributed by atoms with Crippen molar-refractivity contribution in [2.24, 2.45) is 0 Å². The van der Waals surface area contributed by atoms with Crippen molar-refractivity contribution in [1.82, 2.24) is 25.6 Å². The minimum atomic E-state index is -0.208. The number of hydrogen-bond donors (Lipinski definition) is 2. The number of amides is 1. The number of benzene rings is 1. The third-order valence-corrected chi connectivity index (χ3v) is 3.44. The first kappa shape index (κ1) is 15.2. The van der Waals surface area contributed by atoms with Crippen LogP contribution in [0.3, 0.4) is 0 Å². The van der Waals surface area contributed by atoms with Crippen molar-refractivity contribution in [2.45, 2.75) is 19.9 Å². The Morgan fingerprint density at radius 1 is 1.33 bits per heavy atom. The van der Waals surface area contributed by atoms with E-state index >= 15 is 0 Å². The van der Waals surface area contributed by atoms with Gasteiger partial charge in [-0.3, -0.25) is 4.79 Å². The maximum absolute atomic E-state index is 12.1. The number of aromatic nitrogens is 3. The molecule has 0 fully saturated rings. The molecule has 112 valence electrons. The van der Waals surface area contributed by atoms with Crippen molar-refractivity contribution in [3.63, 3.8) is 0 Å². The molecule has 0 saturated carbocycles. The zero-order chi connectivity index (χ0) is 15.4. The van der Waals surface area contributed by atoms with Crippen LogP contribution in [-0.2, 0) is 0 Å². The van der Waals surface area contributed by atoms with Crippen molar-refractivity contribution in [2.75, 3.05) is 20.6 Å². The van der Waals surface area contributed by atoms with Gasteiger partial charge in [-0.15, -0.1) is 0 Å². The average Bonchev–Trinajstić information content (AvgIpc) is 2.85. The fraction of sp³-hybridized carbons (Fsp3) is 0.400. The predicted molar refractivity (Wildman–Crippen MR) is 81.1 cm³/mol. The molecule has 0 radical (unpaired) electrons. The molecule has 2 rings (SSSR count). The molecule has 6 nitrogen and oxygen atoms in total. The SMILES string of the molecule is Cc1cccc([C@@H](CNC(=O)c2n[nH]nc2C)N(C)C)c1. The van der Waals surface area contributed by atoms with Gasteiger partial charge in [-0.1, -0.05) is 29.8 Å². The van der Waals surface area contributed by atoms with E-state index < -0.39 is 0 Å². The monoisotopic (exact) mass is 287 g/mol. The van der Waals surface area contributed by atoms with Gasteiger partial charge < -0.3 is 10.2 Å². The number of aryl methyl sites for hydroxylation is 2. The van der Waals surface area contributed by atoms with Crippen molar-refractivity contribution in [3.8, 4) is 0 Å². The Labute approximate surface area is 124 Å². The number of likely N-dealkylation sites (N-methyl/N-ethyl adjacent to an activating group) is 1. The first-order valence-corrected chi connectivity index (χ1v) is 6.87. The lowest BCUT2D eigenvalue weighted by atomic mass is 10.0. The number of carbonyl (C=O) groups excluding carboxylic acids is 1. The minimum Gasteiger partial charge on any atom is -0.349 e. The summed E-state index contributed by atoms with van der Waals surface area (Å²) >= 11 is 0. The standard InChI is InChI=1S/C15H21N5O/c1-10-6-5-7-12(8-10)13(20(3)4)9-16-15(21)14-11(2)17-19-18-14/h5-8,13H,9H2,1-4H3,(H,16,21)(H,17,18,19)/t13-/m1/s1. The molecule has 21 heavy (non-hydrogen) atoms. The maximum Gasteiger partial charge on any atom is 0.273 e. The summed E-state index contributed by atoms with van der Waals surface area (Å²) < 4.78 is 0. The third kappa shape index (κ3) is 3.66. The summed E-state index contributed by atoms with van der Waals surface area (Å²) in [7, 11) is 4.00. The lowest BCUT2D eigenvalue weighted by Gasteiger charge is -2.25. The van der Waals surface area contributed by atoms with Gasteiger partial charge >= 0.3 is 0 Å². The van der Waals surface area contributed by atoms with E-state index in [1.165, 1.54) is 11.1 Å². The van der Waals surface area contributed by atoms with Crippen LogP contribution in [-0.4, -0.2) is 46.9 Å². The van der Waals surface area contributed by atoms with Crippen molar-refractivity contribution >= 4 is 5.91 Å². The Hall–Kier alpha value is -2.21. The molecule has 1 atom stereocenters. The topological polar surface area (TPSA) is 73.9 Å². The van der Waals surface area contributed by atoms with Gasteiger partial charge in [0.1, 0.15) is 0 Å². The predicted octanol–water partition coefficient (Wildman–Crippen LogP) is 1.45. The van der Waals surface area contributed by atoms with Gasteiger partial charge in [0.05, 0.1) is 11.7 Å². The molecule has 1 aromatic heterocycles. The molecule has 0 bridgehead atoms. The van der Waals surface area contributed by atoms with Crippen LogP contribution in [0, 0.1) is 13.8 Å². The van der Waals surface area contributed by atoms with Gasteiger partial charge in [-0.05, 0) is 33.5 Å². The highest BCUT2D eigenvalue weighted by atomic mass is 16.2. The van der Waals surface area contributed by atoms with E-state index in [-0.39, 0.29) is 11.9 Å². The van der Waals surface area contributed by atoms with E-state index in [1.54, 1.807) is 6.92 Å². The molecule has 2 aromatic rings. The Morgan fingerprint density at radius 2 is 2.10 bits per heavy atom. The Balaban J connectivity index is 2.08. The molecule has 0 aliphatic heterocycles. The molecular weight excluding hydrogens is 266 g/mol. The molecule has 2 N–H and O–H groups in total. The molecule has 1 amide bonds. The molecular formula is C15H21N5O. The number of aromatic amines is 1.